The molecule has 1 N–H and O–H groups in total. The van der Waals surface area contributed by atoms with E-state index >= 15 is 0 Å². The Kier molecular flexibility index (Phi) is 4.96. The third kappa shape index (κ3) is 3.33. The molecule has 0 spiro atoms. The van der Waals surface area contributed by atoms with Crippen LogP contribution >= 0.6 is 0 Å². The van der Waals surface area contributed by atoms with Gasteiger partial charge in [-0.3, -0.25) is 0 Å². The van der Waals surface area contributed by atoms with E-state index in [1.165, 1.54) is 0 Å². The largest absolute Gasteiger partial charge is 0.496 e. The summed E-state index contributed by atoms with van der Waals surface area (Å²) in [5, 5.41) is 6.63. The molecule has 0 aromatic heterocycles. The van der Waals surface area contributed by atoms with E-state index in [-0.39, 0.29) is 0 Å². The molecule has 0 unspecified atom stereocenters. The molecule has 0 atom stereocenters. The highest BCUT2D eigenvalue weighted by Gasteiger charge is 2.06. The lowest BCUT2D eigenvalue weighted by molar-refractivity contribution is 0.408. The first-order valence-corrected chi connectivity index (χ1v) is 7.77. The molecule has 4 nitrogen and oxygen atoms in total. The van der Waals surface area contributed by atoms with Gasteiger partial charge in [0.05, 0.1) is 27.0 Å². The van der Waals surface area contributed by atoms with E-state index in [0.717, 1.165) is 33.4 Å². The van der Waals surface area contributed by atoms with Crippen molar-refractivity contribution < 1.29 is 9.47 Å². The van der Waals surface area contributed by atoms with Crippen molar-refractivity contribution in [3.63, 3.8) is 0 Å². The number of nitrogens with zero attached hydrogens (tertiary/aromatic N) is 1. The molecule has 0 amide bonds. The van der Waals surface area contributed by atoms with E-state index in [1.54, 1.807) is 20.4 Å². The zero-order valence-corrected chi connectivity index (χ0v) is 13.8. The lowest BCUT2D eigenvalue weighted by Gasteiger charge is -2.09. The van der Waals surface area contributed by atoms with Gasteiger partial charge in [-0.25, -0.2) is 0 Å². The molecule has 3 aromatic carbocycles. The number of fused-ring (bicyclic) bond motifs is 1. The summed E-state index contributed by atoms with van der Waals surface area (Å²) < 4.78 is 10.8. The standard InChI is InChI=1S/C20H20N2O2/c1-23-19-10-6-4-8-16(19)13-21-22-14-18-17-9-5-3-7-15(17)11-12-20(18)24-2/h3-12,14,21H,13H2,1-2H3/b22-14+. The molecule has 0 saturated carbocycles. The molecule has 0 aliphatic rings. The number of hydrogen-bond donors (Lipinski definition) is 1. The van der Waals surface area contributed by atoms with Crippen LogP contribution in [-0.2, 0) is 6.54 Å². The quantitative estimate of drug-likeness (QED) is 0.552. The lowest BCUT2D eigenvalue weighted by atomic mass is 10.0. The predicted octanol–water partition coefficient (Wildman–Crippen LogP) is 3.98. The van der Waals surface area contributed by atoms with Gasteiger partial charge in [0.1, 0.15) is 11.5 Å². The van der Waals surface area contributed by atoms with Crippen LogP contribution in [0.3, 0.4) is 0 Å². The highest BCUT2D eigenvalue weighted by atomic mass is 16.5. The summed E-state index contributed by atoms with van der Waals surface area (Å²) in [5.74, 6) is 1.65. The van der Waals surface area contributed by atoms with Crippen LogP contribution in [0.25, 0.3) is 10.8 Å². The Morgan fingerprint density at radius 1 is 0.875 bits per heavy atom. The van der Waals surface area contributed by atoms with Crippen molar-refractivity contribution in [2.75, 3.05) is 14.2 Å². The first-order valence-electron chi connectivity index (χ1n) is 7.77. The van der Waals surface area contributed by atoms with Crippen LogP contribution in [0, 0.1) is 0 Å². The zero-order chi connectivity index (χ0) is 16.8. The highest BCUT2D eigenvalue weighted by Crippen LogP contribution is 2.26. The third-order valence-corrected chi connectivity index (χ3v) is 3.90. The lowest BCUT2D eigenvalue weighted by Crippen LogP contribution is -2.07. The van der Waals surface area contributed by atoms with Crippen molar-refractivity contribution in [1.29, 1.82) is 0 Å². The Bertz CT molecular complexity index is 859. The average molecular weight is 320 g/mol. The molecule has 0 aliphatic heterocycles. The van der Waals surface area contributed by atoms with E-state index in [1.807, 2.05) is 48.5 Å². The summed E-state index contributed by atoms with van der Waals surface area (Å²) in [7, 11) is 3.34. The van der Waals surface area contributed by atoms with Crippen molar-refractivity contribution in [1.82, 2.24) is 5.43 Å². The van der Waals surface area contributed by atoms with Crippen molar-refractivity contribution >= 4 is 17.0 Å². The maximum atomic E-state index is 5.47. The number of hydrogen-bond acceptors (Lipinski definition) is 4. The zero-order valence-electron chi connectivity index (χ0n) is 13.8. The molecule has 0 bridgehead atoms. The molecule has 0 aliphatic carbocycles. The second-order valence-electron chi connectivity index (χ2n) is 5.31. The topological polar surface area (TPSA) is 42.8 Å². The number of para-hydroxylation sites is 1. The van der Waals surface area contributed by atoms with E-state index in [2.05, 4.69) is 22.7 Å². The highest BCUT2D eigenvalue weighted by molar-refractivity contribution is 6.02. The maximum absolute atomic E-state index is 5.47. The first-order chi connectivity index (χ1) is 11.8. The van der Waals surface area contributed by atoms with E-state index in [9.17, 15) is 0 Å². The molecule has 3 rings (SSSR count). The third-order valence-electron chi connectivity index (χ3n) is 3.90. The molecule has 122 valence electrons. The Balaban J connectivity index is 1.80. The van der Waals surface area contributed by atoms with Gasteiger partial charge in [0.15, 0.2) is 0 Å². The summed E-state index contributed by atoms with van der Waals surface area (Å²) >= 11 is 0. The molecule has 0 radical (unpaired) electrons. The number of hydrazone groups is 1. The molecule has 0 fully saturated rings. The SMILES string of the molecule is COc1ccccc1CN/N=C/c1c(OC)ccc2ccccc12. The van der Waals surface area contributed by atoms with Gasteiger partial charge in [-0.15, -0.1) is 0 Å². The summed E-state index contributed by atoms with van der Waals surface area (Å²) in [6.45, 7) is 0.591. The number of benzene rings is 3. The fourth-order valence-electron chi connectivity index (χ4n) is 2.68. The molecule has 0 heterocycles. The predicted molar refractivity (Wildman–Crippen MR) is 97.9 cm³/mol. The van der Waals surface area contributed by atoms with Crippen molar-refractivity contribution in [2.45, 2.75) is 6.54 Å². The van der Waals surface area contributed by atoms with Gasteiger partial charge in [0.2, 0.25) is 0 Å². The Morgan fingerprint density at radius 2 is 1.62 bits per heavy atom. The summed E-state index contributed by atoms with van der Waals surface area (Å²) in [6, 6.07) is 20.1. The first kappa shape index (κ1) is 15.9. The normalized spacial score (nSPS) is 10.9. The van der Waals surface area contributed by atoms with Crippen LogP contribution < -0.4 is 14.9 Å². The monoisotopic (exact) mass is 320 g/mol. The van der Waals surface area contributed by atoms with E-state index < -0.39 is 0 Å². The number of rotatable bonds is 6. The number of methoxy groups -OCH3 is 2. The minimum absolute atomic E-state index is 0.591. The van der Waals surface area contributed by atoms with Crippen molar-refractivity contribution in [3.05, 3.63) is 71.8 Å². The fraction of sp³-hybridized carbons (Fsp3) is 0.150. The Hall–Kier alpha value is -3.01. The summed E-state index contributed by atoms with van der Waals surface area (Å²) in [4.78, 5) is 0. The van der Waals surface area contributed by atoms with Crippen LogP contribution in [-0.4, -0.2) is 20.4 Å². The van der Waals surface area contributed by atoms with Gasteiger partial charge in [-0.2, -0.15) is 5.10 Å². The van der Waals surface area contributed by atoms with Crippen LogP contribution in [0.15, 0.2) is 65.8 Å². The average Bonchev–Trinajstić information content (AvgIpc) is 2.65. The second kappa shape index (κ2) is 7.51. The van der Waals surface area contributed by atoms with Gasteiger partial charge < -0.3 is 14.9 Å². The maximum Gasteiger partial charge on any atom is 0.128 e. The minimum Gasteiger partial charge on any atom is -0.496 e. The molecule has 0 saturated heterocycles. The van der Waals surface area contributed by atoms with Crippen LogP contribution in [0.5, 0.6) is 11.5 Å². The molecule has 24 heavy (non-hydrogen) atoms. The van der Waals surface area contributed by atoms with Gasteiger partial charge in [-0.05, 0) is 22.9 Å². The van der Waals surface area contributed by atoms with Gasteiger partial charge in [-0.1, -0.05) is 48.5 Å². The Labute approximate surface area is 141 Å². The molecular weight excluding hydrogens is 300 g/mol. The fourth-order valence-corrected chi connectivity index (χ4v) is 2.68. The second-order valence-corrected chi connectivity index (χ2v) is 5.31. The van der Waals surface area contributed by atoms with Gasteiger partial charge >= 0.3 is 0 Å². The van der Waals surface area contributed by atoms with Gasteiger partial charge in [0.25, 0.3) is 0 Å². The smallest absolute Gasteiger partial charge is 0.128 e. The van der Waals surface area contributed by atoms with E-state index in [0.29, 0.717) is 6.54 Å². The summed E-state index contributed by atoms with van der Waals surface area (Å²) in [6.07, 6.45) is 1.80. The van der Waals surface area contributed by atoms with Gasteiger partial charge in [0, 0.05) is 11.1 Å². The molecular formula is C20H20N2O2. The van der Waals surface area contributed by atoms with Crippen molar-refractivity contribution in [2.24, 2.45) is 5.10 Å². The molecule has 4 heteroatoms. The summed E-state index contributed by atoms with van der Waals surface area (Å²) in [5.41, 5.74) is 5.09. The molecule has 3 aromatic rings. The van der Waals surface area contributed by atoms with Crippen molar-refractivity contribution in [3.8, 4) is 11.5 Å². The Morgan fingerprint density at radius 3 is 2.46 bits per heavy atom. The van der Waals surface area contributed by atoms with Crippen LogP contribution in [0.2, 0.25) is 0 Å². The minimum atomic E-state index is 0.591. The number of ether oxygens (including phenoxy) is 2. The van der Waals surface area contributed by atoms with Crippen LogP contribution in [0.4, 0.5) is 0 Å². The number of nitrogens with one attached hydrogen (secondary N) is 1. The van der Waals surface area contributed by atoms with E-state index in [4.69, 9.17) is 9.47 Å². The van der Waals surface area contributed by atoms with Crippen LogP contribution in [0.1, 0.15) is 11.1 Å².